The average molecular weight is 426 g/mol. The van der Waals surface area contributed by atoms with Crippen molar-refractivity contribution in [3.63, 3.8) is 0 Å². The van der Waals surface area contributed by atoms with Crippen molar-refractivity contribution in [2.45, 2.75) is 11.8 Å². The summed E-state index contributed by atoms with van der Waals surface area (Å²) in [5, 5.41) is 0.860. The number of nitrogens with two attached hydrogens (primary N) is 1. The van der Waals surface area contributed by atoms with Gasteiger partial charge in [0.2, 0.25) is 0 Å². The smallest absolute Gasteiger partial charge is 0.269 e. The Morgan fingerprint density at radius 2 is 1.90 bits per heavy atom. The topological polar surface area (TPSA) is 104 Å². The second-order valence-electron chi connectivity index (χ2n) is 6.42. The molecule has 0 aliphatic carbocycles. The number of halogens is 1. The third-order valence-electron chi connectivity index (χ3n) is 4.47. The van der Waals surface area contributed by atoms with Crippen LogP contribution in [0.25, 0.3) is 28.5 Å². The van der Waals surface area contributed by atoms with Crippen LogP contribution in [0.4, 0.5) is 5.82 Å². The summed E-state index contributed by atoms with van der Waals surface area (Å²) in [6, 6.07) is 8.21. The number of rotatable bonds is 4. The van der Waals surface area contributed by atoms with E-state index in [0.717, 1.165) is 9.54 Å². The minimum Gasteiger partial charge on any atom is -0.383 e. The van der Waals surface area contributed by atoms with E-state index in [1.807, 2.05) is 6.92 Å². The van der Waals surface area contributed by atoms with Gasteiger partial charge in [0.15, 0.2) is 11.5 Å². The zero-order chi connectivity index (χ0) is 20.8. The lowest BCUT2D eigenvalue weighted by Gasteiger charge is -2.07. The molecule has 0 spiro atoms. The number of nitrogen functional groups attached to an aromatic ring is 1. The summed E-state index contributed by atoms with van der Waals surface area (Å²) >= 11 is 6.12. The Kier molecular flexibility index (Phi) is 4.60. The van der Waals surface area contributed by atoms with Crippen molar-refractivity contribution in [2.75, 3.05) is 5.73 Å². The number of pyridine rings is 1. The van der Waals surface area contributed by atoms with E-state index < -0.39 is 10.0 Å². The first kappa shape index (κ1) is 19.1. The summed E-state index contributed by atoms with van der Waals surface area (Å²) in [6.45, 7) is 5.55. The molecule has 2 N–H and O–H groups in total. The Bertz CT molecular complexity index is 1360. The van der Waals surface area contributed by atoms with Crippen LogP contribution in [-0.4, -0.2) is 27.3 Å². The van der Waals surface area contributed by atoms with Crippen LogP contribution in [0.15, 0.2) is 60.4 Å². The van der Waals surface area contributed by atoms with Gasteiger partial charge in [0.25, 0.3) is 10.0 Å². The van der Waals surface area contributed by atoms with Crippen LogP contribution < -0.4 is 5.73 Å². The van der Waals surface area contributed by atoms with Crippen molar-refractivity contribution < 1.29 is 8.42 Å². The molecule has 0 fully saturated rings. The van der Waals surface area contributed by atoms with Crippen LogP contribution in [0.3, 0.4) is 0 Å². The second kappa shape index (κ2) is 6.98. The Morgan fingerprint density at radius 3 is 2.55 bits per heavy atom. The van der Waals surface area contributed by atoms with Gasteiger partial charge in [0.05, 0.1) is 9.92 Å². The third-order valence-corrected chi connectivity index (χ3v) is 6.34. The molecule has 9 heteroatoms. The van der Waals surface area contributed by atoms with E-state index in [1.165, 1.54) is 18.6 Å². The van der Waals surface area contributed by atoms with E-state index in [-0.39, 0.29) is 22.2 Å². The van der Waals surface area contributed by atoms with Gasteiger partial charge >= 0.3 is 0 Å². The van der Waals surface area contributed by atoms with Gasteiger partial charge < -0.3 is 5.73 Å². The summed E-state index contributed by atoms with van der Waals surface area (Å²) < 4.78 is 27.6. The van der Waals surface area contributed by atoms with Gasteiger partial charge in [0, 0.05) is 35.1 Å². The molecule has 0 saturated carbocycles. The Morgan fingerprint density at radius 1 is 1.17 bits per heavy atom. The van der Waals surface area contributed by atoms with Crippen molar-refractivity contribution in [3.8, 4) is 11.4 Å². The molecule has 3 heterocycles. The maximum Gasteiger partial charge on any atom is 0.269 e. The van der Waals surface area contributed by atoms with Gasteiger partial charge in [-0.3, -0.25) is 0 Å². The van der Waals surface area contributed by atoms with Crippen molar-refractivity contribution >= 4 is 44.6 Å². The molecule has 146 valence electrons. The summed E-state index contributed by atoms with van der Waals surface area (Å²) in [6.07, 6.45) is 5.90. The predicted molar refractivity (Wildman–Crippen MR) is 114 cm³/mol. The lowest BCUT2D eigenvalue weighted by Crippen LogP contribution is -2.12. The maximum atomic E-state index is 13.3. The molecular weight excluding hydrogens is 410 g/mol. The maximum absolute atomic E-state index is 13.3. The lowest BCUT2D eigenvalue weighted by atomic mass is 10.2. The second-order valence-corrected chi connectivity index (χ2v) is 8.67. The highest BCUT2D eigenvalue weighted by Gasteiger charge is 2.24. The van der Waals surface area contributed by atoms with E-state index >= 15 is 0 Å². The molecule has 0 aliphatic heterocycles. The first-order valence-electron chi connectivity index (χ1n) is 8.55. The van der Waals surface area contributed by atoms with Crippen molar-refractivity contribution in [1.82, 2.24) is 18.9 Å². The lowest BCUT2D eigenvalue weighted by molar-refractivity contribution is 0.589. The molecular formula is C20H16ClN5O2S. The molecule has 7 nitrogen and oxygen atoms in total. The first-order chi connectivity index (χ1) is 13.8. The standard InChI is InChI=1S/C20H16ClN5O2S/c1-3-13-9-23-19(25-18(13)22)17-11-26(20-16(17)8-14(21)10-24-20)29(27,28)15-6-4-12(2)5-7-15/h3-11H,1H2,2H3,(H2,22,23,25). The van der Waals surface area contributed by atoms with Crippen LogP contribution in [0.1, 0.15) is 11.1 Å². The Balaban J connectivity index is 1.99. The van der Waals surface area contributed by atoms with E-state index in [4.69, 9.17) is 17.3 Å². The quantitative estimate of drug-likeness (QED) is 0.531. The van der Waals surface area contributed by atoms with Gasteiger partial charge in [-0.15, -0.1) is 0 Å². The molecule has 0 aliphatic rings. The average Bonchev–Trinajstić information content (AvgIpc) is 3.07. The number of anilines is 1. The molecule has 29 heavy (non-hydrogen) atoms. The number of hydrogen-bond donors (Lipinski definition) is 1. The van der Waals surface area contributed by atoms with E-state index in [1.54, 1.807) is 36.4 Å². The zero-order valence-electron chi connectivity index (χ0n) is 15.4. The van der Waals surface area contributed by atoms with E-state index in [9.17, 15) is 8.42 Å². The minimum atomic E-state index is -3.90. The zero-order valence-corrected chi connectivity index (χ0v) is 16.9. The predicted octanol–water partition coefficient (Wildman–Crippen LogP) is 3.92. The molecule has 4 rings (SSSR count). The van der Waals surface area contributed by atoms with Gasteiger partial charge in [-0.05, 0) is 25.1 Å². The molecule has 0 atom stereocenters. The fourth-order valence-electron chi connectivity index (χ4n) is 2.93. The number of benzene rings is 1. The highest BCUT2D eigenvalue weighted by molar-refractivity contribution is 7.90. The van der Waals surface area contributed by atoms with Crippen LogP contribution in [0.5, 0.6) is 0 Å². The summed E-state index contributed by atoms with van der Waals surface area (Å²) in [7, 11) is -3.90. The SMILES string of the molecule is C=Cc1cnc(-c2cn(S(=O)(=O)c3ccc(C)cc3)c3ncc(Cl)cc23)nc1N. The largest absolute Gasteiger partial charge is 0.383 e. The monoisotopic (exact) mass is 425 g/mol. The van der Waals surface area contributed by atoms with Crippen LogP contribution in [0, 0.1) is 6.92 Å². The summed E-state index contributed by atoms with van der Waals surface area (Å²) in [5.41, 5.74) is 8.17. The van der Waals surface area contributed by atoms with Crippen molar-refractivity contribution in [2.24, 2.45) is 0 Å². The molecule has 0 unspecified atom stereocenters. The van der Waals surface area contributed by atoms with Gasteiger partial charge in [-0.25, -0.2) is 27.3 Å². The van der Waals surface area contributed by atoms with E-state index in [0.29, 0.717) is 21.5 Å². The summed E-state index contributed by atoms with van der Waals surface area (Å²) in [4.78, 5) is 13.0. The highest BCUT2D eigenvalue weighted by atomic mass is 35.5. The number of nitrogens with zero attached hydrogens (tertiary/aromatic N) is 4. The molecule has 0 saturated heterocycles. The number of hydrogen-bond acceptors (Lipinski definition) is 6. The van der Waals surface area contributed by atoms with Gasteiger partial charge in [0.1, 0.15) is 5.82 Å². The van der Waals surface area contributed by atoms with E-state index in [2.05, 4.69) is 21.5 Å². The minimum absolute atomic E-state index is 0.144. The molecule has 3 aromatic heterocycles. The van der Waals surface area contributed by atoms with Crippen LogP contribution in [0.2, 0.25) is 5.02 Å². The normalized spacial score (nSPS) is 11.7. The van der Waals surface area contributed by atoms with Gasteiger partial charge in [-0.1, -0.05) is 42.0 Å². The Hall–Kier alpha value is -3.23. The number of aryl methyl sites for hydroxylation is 1. The molecule has 0 amide bonds. The molecule has 0 bridgehead atoms. The number of fused-ring (bicyclic) bond motifs is 1. The van der Waals surface area contributed by atoms with Crippen molar-refractivity contribution in [3.05, 3.63) is 71.7 Å². The first-order valence-corrected chi connectivity index (χ1v) is 10.4. The third kappa shape index (κ3) is 3.26. The van der Waals surface area contributed by atoms with Gasteiger partial charge in [-0.2, -0.15) is 0 Å². The highest BCUT2D eigenvalue weighted by Crippen LogP contribution is 2.32. The van der Waals surface area contributed by atoms with Crippen molar-refractivity contribution in [1.29, 1.82) is 0 Å². The number of aromatic nitrogens is 4. The van der Waals surface area contributed by atoms with Crippen LogP contribution >= 0.6 is 11.6 Å². The molecule has 0 radical (unpaired) electrons. The van der Waals surface area contributed by atoms with Crippen LogP contribution in [-0.2, 0) is 10.0 Å². The summed E-state index contributed by atoms with van der Waals surface area (Å²) in [5.74, 6) is 0.502. The molecule has 4 aromatic rings. The Labute approximate surface area is 172 Å². The fourth-order valence-corrected chi connectivity index (χ4v) is 4.41. The fraction of sp³-hybridized carbons (Fsp3) is 0.0500. The molecule has 1 aromatic carbocycles.